The number of carbonyl (C=O) groups is 1. The lowest BCUT2D eigenvalue weighted by Crippen LogP contribution is -2.65. The lowest BCUT2D eigenvalue weighted by atomic mass is 9.90. The lowest BCUT2D eigenvalue weighted by molar-refractivity contribution is -0.143. The fourth-order valence-electron chi connectivity index (χ4n) is 4.05. The fourth-order valence-corrected chi connectivity index (χ4v) is 4.05. The summed E-state index contributed by atoms with van der Waals surface area (Å²) in [6, 6.07) is 8.30. The van der Waals surface area contributed by atoms with E-state index < -0.39 is 5.66 Å². The zero-order chi connectivity index (χ0) is 16.0. The van der Waals surface area contributed by atoms with Gasteiger partial charge in [0.2, 0.25) is 5.91 Å². The fraction of sp³-hybridized carbons (Fsp3) is 0.526. The van der Waals surface area contributed by atoms with Gasteiger partial charge in [-0.2, -0.15) is 0 Å². The standard InChI is InChI=1S/C19H24N2O2/c1-19(20-11-4-6-14-5-2-3-7-17(14)20)13-16(22)10-12-21(19)18(23)15-8-9-15/h2-7,15-16,22H,8-13H2,1H3. The molecule has 0 aromatic heterocycles. The number of amides is 1. The molecule has 0 spiro atoms. The van der Waals surface area contributed by atoms with E-state index in [9.17, 15) is 9.90 Å². The monoisotopic (exact) mass is 312 g/mol. The highest BCUT2D eigenvalue weighted by atomic mass is 16.3. The lowest BCUT2D eigenvalue weighted by Gasteiger charge is -2.54. The first-order chi connectivity index (χ1) is 11.1. The number of hydrogen-bond acceptors (Lipinski definition) is 3. The highest BCUT2D eigenvalue weighted by Crippen LogP contribution is 2.41. The van der Waals surface area contributed by atoms with Gasteiger partial charge in [0.25, 0.3) is 0 Å². The van der Waals surface area contributed by atoms with E-state index in [0.717, 1.165) is 25.1 Å². The van der Waals surface area contributed by atoms with Crippen molar-refractivity contribution in [2.24, 2.45) is 5.92 Å². The number of hydrogen-bond donors (Lipinski definition) is 1. The van der Waals surface area contributed by atoms with Crippen molar-refractivity contribution in [2.45, 2.75) is 44.4 Å². The van der Waals surface area contributed by atoms with Gasteiger partial charge in [-0.15, -0.1) is 0 Å². The van der Waals surface area contributed by atoms with Gasteiger partial charge in [-0.1, -0.05) is 30.4 Å². The summed E-state index contributed by atoms with van der Waals surface area (Å²) >= 11 is 0. The minimum Gasteiger partial charge on any atom is -0.393 e. The predicted molar refractivity (Wildman–Crippen MR) is 90.9 cm³/mol. The van der Waals surface area contributed by atoms with E-state index >= 15 is 0 Å². The average Bonchev–Trinajstić information content (AvgIpc) is 3.38. The molecule has 2 unspecified atom stereocenters. The maximum Gasteiger partial charge on any atom is 0.227 e. The van der Waals surface area contributed by atoms with Crippen LogP contribution < -0.4 is 4.90 Å². The summed E-state index contributed by atoms with van der Waals surface area (Å²) < 4.78 is 0. The summed E-state index contributed by atoms with van der Waals surface area (Å²) in [5.74, 6) is 0.478. The molecule has 1 amide bonds. The molecule has 4 rings (SSSR count). The smallest absolute Gasteiger partial charge is 0.227 e. The van der Waals surface area contributed by atoms with Crippen LogP contribution in [0, 0.1) is 5.92 Å². The van der Waals surface area contributed by atoms with E-state index in [-0.39, 0.29) is 17.9 Å². The molecule has 4 heteroatoms. The van der Waals surface area contributed by atoms with Crippen LogP contribution in [0.25, 0.3) is 6.08 Å². The minimum atomic E-state index is -0.460. The van der Waals surface area contributed by atoms with Crippen molar-refractivity contribution in [2.75, 3.05) is 18.0 Å². The summed E-state index contributed by atoms with van der Waals surface area (Å²) in [6.45, 7) is 3.54. The number of para-hydroxylation sites is 1. The summed E-state index contributed by atoms with van der Waals surface area (Å²) in [5.41, 5.74) is 1.87. The van der Waals surface area contributed by atoms with Crippen molar-refractivity contribution >= 4 is 17.7 Å². The van der Waals surface area contributed by atoms with E-state index in [4.69, 9.17) is 0 Å². The van der Waals surface area contributed by atoms with Gasteiger partial charge >= 0.3 is 0 Å². The number of rotatable bonds is 2. The number of benzene rings is 1. The Morgan fingerprint density at radius 3 is 2.83 bits per heavy atom. The van der Waals surface area contributed by atoms with Gasteiger partial charge in [0.05, 0.1) is 6.10 Å². The third-order valence-electron chi connectivity index (χ3n) is 5.48. The molecule has 2 atom stereocenters. The molecule has 2 heterocycles. The summed E-state index contributed by atoms with van der Waals surface area (Å²) in [5, 5.41) is 10.3. The zero-order valence-electron chi connectivity index (χ0n) is 13.6. The highest BCUT2D eigenvalue weighted by molar-refractivity contribution is 5.83. The van der Waals surface area contributed by atoms with Crippen LogP contribution in [-0.4, -0.2) is 40.8 Å². The van der Waals surface area contributed by atoms with E-state index in [1.807, 2.05) is 17.0 Å². The van der Waals surface area contributed by atoms with Crippen LogP contribution in [-0.2, 0) is 4.79 Å². The number of nitrogens with zero attached hydrogens (tertiary/aromatic N) is 2. The summed E-state index contributed by atoms with van der Waals surface area (Å²) in [4.78, 5) is 17.2. The van der Waals surface area contributed by atoms with Crippen molar-refractivity contribution in [1.82, 2.24) is 4.90 Å². The molecule has 0 radical (unpaired) electrons. The molecule has 1 N–H and O–H groups in total. The van der Waals surface area contributed by atoms with Crippen LogP contribution in [0.15, 0.2) is 30.3 Å². The number of carbonyl (C=O) groups excluding carboxylic acids is 1. The van der Waals surface area contributed by atoms with Crippen LogP contribution in [0.5, 0.6) is 0 Å². The van der Waals surface area contributed by atoms with E-state index in [2.05, 4.69) is 36.1 Å². The second kappa shape index (κ2) is 5.38. The Kier molecular flexibility index (Phi) is 3.45. The van der Waals surface area contributed by atoms with Crippen LogP contribution in [0.4, 0.5) is 5.69 Å². The Labute approximate surface area is 137 Å². The van der Waals surface area contributed by atoms with Gasteiger partial charge < -0.3 is 14.9 Å². The van der Waals surface area contributed by atoms with Crippen LogP contribution >= 0.6 is 0 Å². The number of likely N-dealkylation sites (tertiary alicyclic amines) is 1. The molecule has 1 saturated carbocycles. The normalized spacial score (nSPS) is 30.3. The second-order valence-corrected chi connectivity index (χ2v) is 7.20. The molecule has 3 aliphatic rings. The Morgan fingerprint density at radius 1 is 1.26 bits per heavy atom. The maximum atomic E-state index is 12.8. The van der Waals surface area contributed by atoms with Crippen molar-refractivity contribution in [3.63, 3.8) is 0 Å². The zero-order valence-corrected chi connectivity index (χ0v) is 13.6. The molecular weight excluding hydrogens is 288 g/mol. The van der Waals surface area contributed by atoms with Crippen LogP contribution in [0.2, 0.25) is 0 Å². The third-order valence-corrected chi connectivity index (χ3v) is 5.48. The maximum absolute atomic E-state index is 12.8. The van der Waals surface area contributed by atoms with Crippen LogP contribution in [0.1, 0.15) is 38.2 Å². The Balaban J connectivity index is 1.73. The number of anilines is 1. The molecule has 23 heavy (non-hydrogen) atoms. The molecular formula is C19H24N2O2. The van der Waals surface area contributed by atoms with E-state index in [1.54, 1.807) is 0 Å². The molecule has 1 saturated heterocycles. The molecule has 1 aromatic rings. The van der Waals surface area contributed by atoms with Gasteiger partial charge in [-0.25, -0.2) is 0 Å². The second-order valence-electron chi connectivity index (χ2n) is 7.20. The quantitative estimate of drug-likeness (QED) is 0.913. The molecule has 1 aliphatic carbocycles. The third kappa shape index (κ3) is 2.45. The SMILES string of the molecule is CC1(N2CC=Cc3ccccc32)CC(O)CCN1C(=O)C1CC1. The van der Waals surface area contributed by atoms with Crippen molar-refractivity contribution in [3.05, 3.63) is 35.9 Å². The Bertz CT molecular complexity index is 653. The minimum absolute atomic E-state index is 0.208. The van der Waals surface area contributed by atoms with Gasteiger partial charge in [0.1, 0.15) is 5.66 Å². The molecule has 2 aliphatic heterocycles. The largest absolute Gasteiger partial charge is 0.393 e. The molecule has 4 nitrogen and oxygen atoms in total. The number of fused-ring (bicyclic) bond motifs is 1. The predicted octanol–water partition coefficient (Wildman–Crippen LogP) is 2.63. The molecule has 122 valence electrons. The van der Waals surface area contributed by atoms with Crippen molar-refractivity contribution < 1.29 is 9.90 Å². The van der Waals surface area contributed by atoms with Crippen LogP contribution in [0.3, 0.4) is 0 Å². The molecule has 0 bridgehead atoms. The van der Waals surface area contributed by atoms with Gasteiger partial charge in [0, 0.05) is 31.1 Å². The molecule has 2 fully saturated rings. The first kappa shape index (κ1) is 14.8. The van der Waals surface area contributed by atoms with Crippen molar-refractivity contribution in [3.8, 4) is 0 Å². The summed E-state index contributed by atoms with van der Waals surface area (Å²) in [7, 11) is 0. The van der Waals surface area contributed by atoms with Crippen molar-refractivity contribution in [1.29, 1.82) is 0 Å². The van der Waals surface area contributed by atoms with E-state index in [1.165, 1.54) is 5.56 Å². The van der Waals surface area contributed by atoms with Gasteiger partial charge in [0.15, 0.2) is 0 Å². The number of aliphatic hydroxyl groups excluding tert-OH is 1. The molecule has 1 aromatic carbocycles. The first-order valence-electron chi connectivity index (χ1n) is 8.62. The van der Waals surface area contributed by atoms with Gasteiger partial charge in [-0.05, 0) is 37.8 Å². The number of piperidine rings is 1. The number of aliphatic hydroxyl groups is 1. The van der Waals surface area contributed by atoms with Gasteiger partial charge in [-0.3, -0.25) is 4.79 Å². The average molecular weight is 312 g/mol. The highest BCUT2D eigenvalue weighted by Gasteiger charge is 2.48. The first-order valence-corrected chi connectivity index (χ1v) is 8.62. The van der Waals surface area contributed by atoms with E-state index in [0.29, 0.717) is 19.4 Å². The summed E-state index contributed by atoms with van der Waals surface area (Å²) in [6.07, 6.45) is 7.26. The topological polar surface area (TPSA) is 43.8 Å². The Hall–Kier alpha value is -1.81. The Morgan fingerprint density at radius 2 is 2.04 bits per heavy atom.